The Balaban J connectivity index is 2.31. The third-order valence-electron chi connectivity index (χ3n) is 3.81. The fourth-order valence-electron chi connectivity index (χ4n) is 2.58. The maximum atomic E-state index is 9.59. The molecule has 0 aromatic heterocycles. The second-order valence-electron chi connectivity index (χ2n) is 4.80. The summed E-state index contributed by atoms with van der Waals surface area (Å²) >= 11 is 0. The molecule has 1 aliphatic carbocycles. The van der Waals surface area contributed by atoms with E-state index in [1.54, 1.807) is 7.11 Å². The normalized spacial score (nSPS) is 17.1. The molecule has 1 fully saturated rings. The van der Waals surface area contributed by atoms with E-state index in [2.05, 4.69) is 24.3 Å². The van der Waals surface area contributed by atoms with Gasteiger partial charge >= 0.3 is 0 Å². The minimum atomic E-state index is -0.0197. The molecule has 88 valence electrons. The van der Waals surface area contributed by atoms with E-state index in [-0.39, 0.29) is 12.0 Å². The molecular weight excluding hydrogens is 212 g/mol. The standard InChI is InChI=1S/C15H16O2/c1-17-13-7-3-5-11-4-2-6-12(14(11)13)15(10-16)8-9-15/h2-7,16H,8-10H2,1H3. The number of benzene rings is 2. The van der Waals surface area contributed by atoms with Crippen LogP contribution in [-0.4, -0.2) is 18.8 Å². The Morgan fingerprint density at radius 2 is 1.88 bits per heavy atom. The second-order valence-corrected chi connectivity index (χ2v) is 4.80. The van der Waals surface area contributed by atoms with Crippen molar-refractivity contribution in [3.63, 3.8) is 0 Å². The van der Waals surface area contributed by atoms with Gasteiger partial charge in [-0.1, -0.05) is 30.3 Å². The molecule has 0 spiro atoms. The first-order valence-electron chi connectivity index (χ1n) is 5.98. The number of hydrogen-bond donors (Lipinski definition) is 1. The molecule has 0 heterocycles. The van der Waals surface area contributed by atoms with Gasteiger partial charge in [0.25, 0.3) is 0 Å². The van der Waals surface area contributed by atoms with Crippen LogP contribution >= 0.6 is 0 Å². The highest BCUT2D eigenvalue weighted by molar-refractivity contribution is 5.92. The highest BCUT2D eigenvalue weighted by atomic mass is 16.5. The van der Waals surface area contributed by atoms with Crippen LogP contribution in [0.4, 0.5) is 0 Å². The summed E-state index contributed by atoms with van der Waals surface area (Å²) in [6, 6.07) is 12.4. The Morgan fingerprint density at radius 3 is 2.47 bits per heavy atom. The summed E-state index contributed by atoms with van der Waals surface area (Å²) < 4.78 is 5.45. The third kappa shape index (κ3) is 1.52. The van der Waals surface area contributed by atoms with E-state index in [0.29, 0.717) is 0 Å². The van der Waals surface area contributed by atoms with Gasteiger partial charge in [-0.3, -0.25) is 0 Å². The Kier molecular flexibility index (Phi) is 2.33. The molecule has 0 unspecified atom stereocenters. The smallest absolute Gasteiger partial charge is 0.126 e. The number of hydrogen-bond acceptors (Lipinski definition) is 2. The predicted molar refractivity (Wildman–Crippen MR) is 68.5 cm³/mol. The van der Waals surface area contributed by atoms with Gasteiger partial charge in [0.15, 0.2) is 0 Å². The van der Waals surface area contributed by atoms with Crippen molar-refractivity contribution in [2.24, 2.45) is 0 Å². The molecule has 1 N–H and O–H groups in total. The van der Waals surface area contributed by atoms with Crippen molar-refractivity contribution in [3.05, 3.63) is 42.0 Å². The lowest BCUT2D eigenvalue weighted by Gasteiger charge is -2.17. The van der Waals surface area contributed by atoms with Gasteiger partial charge in [-0.15, -0.1) is 0 Å². The van der Waals surface area contributed by atoms with Gasteiger partial charge in [-0.25, -0.2) is 0 Å². The Bertz CT molecular complexity index is 551. The van der Waals surface area contributed by atoms with Gasteiger partial charge in [0.1, 0.15) is 5.75 Å². The highest BCUT2D eigenvalue weighted by Crippen LogP contribution is 2.51. The quantitative estimate of drug-likeness (QED) is 0.875. The van der Waals surface area contributed by atoms with E-state index in [4.69, 9.17) is 4.74 Å². The Labute approximate surface area is 101 Å². The van der Waals surface area contributed by atoms with Crippen LogP contribution in [0, 0.1) is 0 Å². The lowest BCUT2D eigenvalue weighted by Crippen LogP contribution is -2.12. The minimum Gasteiger partial charge on any atom is -0.496 e. The van der Waals surface area contributed by atoms with Crippen LogP contribution in [0.2, 0.25) is 0 Å². The minimum absolute atomic E-state index is 0.0197. The van der Waals surface area contributed by atoms with E-state index in [9.17, 15) is 5.11 Å². The van der Waals surface area contributed by atoms with Crippen LogP contribution in [0.25, 0.3) is 10.8 Å². The van der Waals surface area contributed by atoms with E-state index >= 15 is 0 Å². The summed E-state index contributed by atoms with van der Waals surface area (Å²) in [6.45, 7) is 0.226. The lowest BCUT2D eigenvalue weighted by atomic mass is 9.91. The number of rotatable bonds is 3. The zero-order valence-electron chi connectivity index (χ0n) is 9.94. The van der Waals surface area contributed by atoms with Crippen molar-refractivity contribution in [1.29, 1.82) is 0 Å². The molecule has 0 atom stereocenters. The lowest BCUT2D eigenvalue weighted by molar-refractivity contribution is 0.255. The van der Waals surface area contributed by atoms with E-state index in [1.807, 2.05) is 12.1 Å². The number of aliphatic hydroxyl groups excluding tert-OH is 1. The Hall–Kier alpha value is -1.54. The van der Waals surface area contributed by atoms with Crippen molar-refractivity contribution in [1.82, 2.24) is 0 Å². The van der Waals surface area contributed by atoms with Crippen molar-refractivity contribution in [3.8, 4) is 5.75 Å². The molecule has 0 amide bonds. The average Bonchev–Trinajstić information content (AvgIpc) is 3.18. The third-order valence-corrected chi connectivity index (χ3v) is 3.81. The van der Waals surface area contributed by atoms with Crippen molar-refractivity contribution in [2.45, 2.75) is 18.3 Å². The van der Waals surface area contributed by atoms with Gasteiger partial charge < -0.3 is 9.84 Å². The average molecular weight is 228 g/mol. The molecule has 0 saturated heterocycles. The zero-order chi connectivity index (χ0) is 11.9. The summed E-state index contributed by atoms with van der Waals surface area (Å²) in [7, 11) is 1.70. The number of methoxy groups -OCH3 is 1. The largest absolute Gasteiger partial charge is 0.496 e. The topological polar surface area (TPSA) is 29.5 Å². The number of aliphatic hydroxyl groups is 1. The first-order chi connectivity index (χ1) is 8.30. The first-order valence-corrected chi connectivity index (χ1v) is 5.98. The van der Waals surface area contributed by atoms with Crippen LogP contribution in [0.1, 0.15) is 18.4 Å². The summed E-state index contributed by atoms with van der Waals surface area (Å²) in [4.78, 5) is 0. The molecule has 0 bridgehead atoms. The summed E-state index contributed by atoms with van der Waals surface area (Å²) in [5.74, 6) is 0.901. The van der Waals surface area contributed by atoms with Crippen LogP contribution in [0.15, 0.2) is 36.4 Å². The molecule has 0 aliphatic heterocycles. The molecule has 2 aromatic carbocycles. The van der Waals surface area contributed by atoms with Crippen molar-refractivity contribution < 1.29 is 9.84 Å². The van der Waals surface area contributed by atoms with Crippen LogP contribution in [0.3, 0.4) is 0 Å². The molecular formula is C15H16O2. The molecule has 3 rings (SSSR count). The SMILES string of the molecule is COc1cccc2cccc(C3(CO)CC3)c12. The highest BCUT2D eigenvalue weighted by Gasteiger charge is 2.44. The van der Waals surface area contributed by atoms with Crippen LogP contribution in [0.5, 0.6) is 5.75 Å². The van der Waals surface area contributed by atoms with E-state index < -0.39 is 0 Å². The second kappa shape index (κ2) is 3.74. The predicted octanol–water partition coefficient (Wildman–Crippen LogP) is 2.87. The van der Waals surface area contributed by atoms with Crippen molar-refractivity contribution in [2.75, 3.05) is 13.7 Å². The van der Waals surface area contributed by atoms with E-state index in [1.165, 1.54) is 10.9 Å². The molecule has 0 radical (unpaired) electrons. The zero-order valence-corrected chi connectivity index (χ0v) is 9.94. The maximum absolute atomic E-state index is 9.59. The van der Waals surface area contributed by atoms with E-state index in [0.717, 1.165) is 24.0 Å². The summed E-state index contributed by atoms with van der Waals surface area (Å²) in [6.07, 6.45) is 2.14. The first kappa shape index (κ1) is 10.6. The number of fused-ring (bicyclic) bond motifs is 1. The molecule has 2 nitrogen and oxygen atoms in total. The van der Waals surface area contributed by atoms with Gasteiger partial charge in [0.05, 0.1) is 13.7 Å². The van der Waals surface area contributed by atoms with Crippen molar-refractivity contribution >= 4 is 10.8 Å². The monoisotopic (exact) mass is 228 g/mol. The molecule has 2 aromatic rings. The number of ether oxygens (including phenoxy) is 1. The molecule has 1 saturated carbocycles. The Morgan fingerprint density at radius 1 is 1.18 bits per heavy atom. The van der Waals surface area contributed by atoms with Crippen LogP contribution < -0.4 is 4.74 Å². The van der Waals surface area contributed by atoms with Gasteiger partial charge in [0, 0.05) is 10.8 Å². The maximum Gasteiger partial charge on any atom is 0.126 e. The summed E-state index contributed by atoms with van der Waals surface area (Å²) in [5.41, 5.74) is 1.21. The molecule has 2 heteroatoms. The molecule has 17 heavy (non-hydrogen) atoms. The summed E-state index contributed by atoms with van der Waals surface area (Å²) in [5, 5.41) is 11.9. The fraction of sp³-hybridized carbons (Fsp3) is 0.333. The van der Waals surface area contributed by atoms with Crippen LogP contribution in [-0.2, 0) is 5.41 Å². The fourth-order valence-corrected chi connectivity index (χ4v) is 2.58. The molecule has 1 aliphatic rings. The van der Waals surface area contributed by atoms with Gasteiger partial charge in [-0.05, 0) is 29.9 Å². The van der Waals surface area contributed by atoms with Gasteiger partial charge in [-0.2, -0.15) is 0 Å². The van der Waals surface area contributed by atoms with Gasteiger partial charge in [0.2, 0.25) is 0 Å².